The first-order valence-corrected chi connectivity index (χ1v) is 6.30. The van der Waals surface area contributed by atoms with Crippen LogP contribution in [-0.2, 0) is 0 Å². The lowest BCUT2D eigenvalue weighted by Gasteiger charge is -2.12. The summed E-state index contributed by atoms with van der Waals surface area (Å²) in [5, 5.41) is 2.69. The molecule has 6 heteroatoms. The summed E-state index contributed by atoms with van der Waals surface area (Å²) in [6.07, 6.45) is 1.67. The monoisotopic (exact) mass is 287 g/mol. The molecular formula is C15H17N3O3. The van der Waals surface area contributed by atoms with Gasteiger partial charge in [0.15, 0.2) is 11.5 Å². The number of nitrogens with two attached hydrogens (primary N) is 1. The van der Waals surface area contributed by atoms with Gasteiger partial charge < -0.3 is 20.5 Å². The molecule has 0 saturated carbocycles. The molecule has 6 nitrogen and oxygen atoms in total. The maximum Gasteiger partial charge on any atom is 0.259 e. The van der Waals surface area contributed by atoms with Gasteiger partial charge in [-0.2, -0.15) is 0 Å². The number of rotatable bonds is 4. The Morgan fingerprint density at radius 3 is 2.43 bits per heavy atom. The van der Waals surface area contributed by atoms with Crippen LogP contribution in [0.3, 0.4) is 0 Å². The van der Waals surface area contributed by atoms with E-state index in [0.29, 0.717) is 28.6 Å². The van der Waals surface area contributed by atoms with E-state index < -0.39 is 0 Å². The highest BCUT2D eigenvalue weighted by Gasteiger charge is 2.15. The third-order valence-corrected chi connectivity index (χ3v) is 2.95. The number of hydrogen-bond acceptors (Lipinski definition) is 5. The summed E-state index contributed by atoms with van der Waals surface area (Å²) >= 11 is 0. The van der Waals surface area contributed by atoms with Gasteiger partial charge in [-0.15, -0.1) is 0 Å². The zero-order chi connectivity index (χ0) is 15.4. The molecule has 0 aliphatic carbocycles. The molecule has 110 valence electrons. The van der Waals surface area contributed by atoms with Gasteiger partial charge in [0.1, 0.15) is 5.82 Å². The van der Waals surface area contributed by atoms with E-state index in [1.165, 1.54) is 20.3 Å². The highest BCUT2D eigenvalue weighted by atomic mass is 16.5. The lowest BCUT2D eigenvalue weighted by Crippen LogP contribution is -2.15. The standard InChI is InChI=1S/C15H17N3O3/c1-9-4-5-14(17-8-9)18-15(19)10-6-12(20-2)13(21-3)7-11(10)16/h4-8H,16H2,1-3H3,(H,17,18,19). The van der Waals surface area contributed by atoms with Gasteiger partial charge in [-0.1, -0.05) is 6.07 Å². The van der Waals surface area contributed by atoms with Crippen LogP contribution in [0.2, 0.25) is 0 Å². The number of hydrogen-bond donors (Lipinski definition) is 2. The summed E-state index contributed by atoms with van der Waals surface area (Å²) in [6, 6.07) is 6.68. The Balaban J connectivity index is 2.28. The first kappa shape index (κ1) is 14.6. The van der Waals surface area contributed by atoms with Crippen LogP contribution in [0.15, 0.2) is 30.5 Å². The van der Waals surface area contributed by atoms with Gasteiger partial charge in [-0.3, -0.25) is 4.79 Å². The van der Waals surface area contributed by atoms with Gasteiger partial charge in [0, 0.05) is 18.0 Å². The predicted molar refractivity (Wildman–Crippen MR) is 80.9 cm³/mol. The van der Waals surface area contributed by atoms with Gasteiger partial charge in [-0.25, -0.2) is 4.98 Å². The van der Waals surface area contributed by atoms with E-state index in [1.54, 1.807) is 18.3 Å². The van der Waals surface area contributed by atoms with Crippen LogP contribution in [0.1, 0.15) is 15.9 Å². The van der Waals surface area contributed by atoms with Gasteiger partial charge in [-0.05, 0) is 24.6 Å². The fourth-order valence-corrected chi connectivity index (χ4v) is 1.82. The second kappa shape index (κ2) is 6.13. The third-order valence-electron chi connectivity index (χ3n) is 2.95. The number of carbonyl (C=O) groups excluding carboxylic acids is 1. The second-order valence-electron chi connectivity index (χ2n) is 4.47. The zero-order valence-electron chi connectivity index (χ0n) is 12.1. The maximum absolute atomic E-state index is 12.3. The number of aryl methyl sites for hydroxylation is 1. The van der Waals surface area contributed by atoms with Crippen molar-refractivity contribution in [2.45, 2.75) is 6.92 Å². The Labute approximate surface area is 122 Å². The fraction of sp³-hybridized carbons (Fsp3) is 0.200. The molecule has 1 amide bonds. The molecule has 0 aliphatic rings. The Hall–Kier alpha value is -2.76. The van der Waals surface area contributed by atoms with E-state index in [1.807, 2.05) is 13.0 Å². The molecule has 0 atom stereocenters. The molecule has 1 heterocycles. The van der Waals surface area contributed by atoms with E-state index >= 15 is 0 Å². The quantitative estimate of drug-likeness (QED) is 0.842. The highest BCUT2D eigenvalue weighted by molar-refractivity contribution is 6.07. The first-order chi connectivity index (χ1) is 10.0. The molecule has 1 aromatic heterocycles. The molecule has 0 aliphatic heterocycles. The van der Waals surface area contributed by atoms with Crippen molar-refractivity contribution in [3.8, 4) is 11.5 Å². The summed E-state index contributed by atoms with van der Waals surface area (Å²) < 4.78 is 10.3. The number of nitrogens with zero attached hydrogens (tertiary/aromatic N) is 1. The summed E-state index contributed by atoms with van der Waals surface area (Å²) in [4.78, 5) is 16.4. The van der Waals surface area contributed by atoms with Crippen molar-refractivity contribution in [3.63, 3.8) is 0 Å². The maximum atomic E-state index is 12.3. The molecule has 0 bridgehead atoms. The van der Waals surface area contributed by atoms with Crippen LogP contribution in [-0.4, -0.2) is 25.1 Å². The molecule has 0 spiro atoms. The van der Waals surface area contributed by atoms with Gasteiger partial charge >= 0.3 is 0 Å². The molecule has 0 radical (unpaired) electrons. The topological polar surface area (TPSA) is 86.5 Å². The van der Waals surface area contributed by atoms with E-state index in [0.717, 1.165) is 5.56 Å². The Kier molecular flexibility index (Phi) is 4.27. The van der Waals surface area contributed by atoms with Crippen LogP contribution >= 0.6 is 0 Å². The van der Waals surface area contributed by atoms with E-state index in [9.17, 15) is 4.79 Å². The average molecular weight is 287 g/mol. The van der Waals surface area contributed by atoms with Crippen molar-refractivity contribution in [2.75, 3.05) is 25.3 Å². The smallest absolute Gasteiger partial charge is 0.259 e. The molecule has 1 aromatic carbocycles. The molecular weight excluding hydrogens is 270 g/mol. The third kappa shape index (κ3) is 3.22. The first-order valence-electron chi connectivity index (χ1n) is 6.30. The number of carbonyl (C=O) groups is 1. The SMILES string of the molecule is COc1cc(N)c(C(=O)Nc2ccc(C)cn2)cc1OC. The van der Waals surface area contributed by atoms with Crippen molar-refractivity contribution in [1.29, 1.82) is 0 Å². The van der Waals surface area contributed by atoms with Crippen LogP contribution in [0.4, 0.5) is 11.5 Å². The fourth-order valence-electron chi connectivity index (χ4n) is 1.82. The Morgan fingerprint density at radius 1 is 1.19 bits per heavy atom. The van der Waals surface area contributed by atoms with Crippen molar-refractivity contribution in [3.05, 3.63) is 41.6 Å². The molecule has 2 rings (SSSR count). The summed E-state index contributed by atoms with van der Waals surface area (Å²) in [6.45, 7) is 1.92. The number of ether oxygens (including phenoxy) is 2. The molecule has 0 saturated heterocycles. The van der Waals surface area contributed by atoms with E-state index in [-0.39, 0.29) is 5.91 Å². The molecule has 0 fully saturated rings. The van der Waals surface area contributed by atoms with Crippen LogP contribution in [0, 0.1) is 6.92 Å². The number of methoxy groups -OCH3 is 2. The number of pyridine rings is 1. The lowest BCUT2D eigenvalue weighted by atomic mass is 10.1. The minimum absolute atomic E-state index is 0.301. The summed E-state index contributed by atoms with van der Waals surface area (Å²) in [5.41, 5.74) is 7.50. The number of benzene rings is 1. The highest BCUT2D eigenvalue weighted by Crippen LogP contribution is 2.32. The van der Waals surface area contributed by atoms with Crippen molar-refractivity contribution in [2.24, 2.45) is 0 Å². The molecule has 0 unspecified atom stereocenters. The van der Waals surface area contributed by atoms with E-state index in [4.69, 9.17) is 15.2 Å². The second-order valence-corrected chi connectivity index (χ2v) is 4.47. The predicted octanol–water partition coefficient (Wildman–Crippen LogP) is 2.24. The Morgan fingerprint density at radius 2 is 1.86 bits per heavy atom. The van der Waals surface area contributed by atoms with Gasteiger partial charge in [0.05, 0.1) is 19.8 Å². The van der Waals surface area contributed by atoms with E-state index in [2.05, 4.69) is 10.3 Å². The minimum Gasteiger partial charge on any atom is -0.493 e. The largest absolute Gasteiger partial charge is 0.493 e. The number of aromatic nitrogens is 1. The molecule has 3 N–H and O–H groups in total. The summed E-state index contributed by atoms with van der Waals surface area (Å²) in [7, 11) is 3.00. The zero-order valence-corrected chi connectivity index (χ0v) is 12.1. The number of nitrogen functional groups attached to an aromatic ring is 1. The average Bonchev–Trinajstić information content (AvgIpc) is 2.49. The lowest BCUT2D eigenvalue weighted by molar-refractivity contribution is 0.102. The molecule has 2 aromatic rings. The van der Waals surface area contributed by atoms with Gasteiger partial charge in [0.25, 0.3) is 5.91 Å². The summed E-state index contributed by atoms with van der Waals surface area (Å²) in [5.74, 6) is 1.01. The number of anilines is 2. The van der Waals surface area contributed by atoms with Crippen LogP contribution < -0.4 is 20.5 Å². The Bertz CT molecular complexity index is 654. The van der Waals surface area contributed by atoms with Gasteiger partial charge in [0.2, 0.25) is 0 Å². The normalized spacial score (nSPS) is 10.0. The van der Waals surface area contributed by atoms with Crippen molar-refractivity contribution in [1.82, 2.24) is 4.98 Å². The van der Waals surface area contributed by atoms with Crippen molar-refractivity contribution < 1.29 is 14.3 Å². The minimum atomic E-state index is -0.357. The van der Waals surface area contributed by atoms with Crippen LogP contribution in [0.25, 0.3) is 0 Å². The number of amides is 1. The van der Waals surface area contributed by atoms with Crippen molar-refractivity contribution >= 4 is 17.4 Å². The van der Waals surface area contributed by atoms with Crippen LogP contribution in [0.5, 0.6) is 11.5 Å². The number of nitrogens with one attached hydrogen (secondary N) is 1. The molecule has 21 heavy (non-hydrogen) atoms.